The van der Waals surface area contributed by atoms with Crippen LogP contribution in [0.1, 0.15) is 6.42 Å². The molecule has 1 aliphatic rings. The quantitative estimate of drug-likeness (QED) is 0.614. The van der Waals surface area contributed by atoms with Gasteiger partial charge in [-0.2, -0.15) is 8.42 Å². The third kappa shape index (κ3) is 2.54. The molecule has 0 bridgehead atoms. The smallest absolute Gasteiger partial charge is 0.336 e. The lowest BCUT2D eigenvalue weighted by Crippen LogP contribution is -2.26. The lowest BCUT2D eigenvalue weighted by Gasteiger charge is -2.16. The van der Waals surface area contributed by atoms with Crippen molar-refractivity contribution in [3.05, 3.63) is 40.8 Å². The minimum atomic E-state index is -4.75. The van der Waals surface area contributed by atoms with E-state index in [9.17, 15) is 21.9 Å². The summed E-state index contributed by atoms with van der Waals surface area (Å²) in [5.41, 5.74) is 0.302. The molecule has 6 nitrogen and oxygen atoms in total. The van der Waals surface area contributed by atoms with E-state index in [4.69, 9.17) is 4.42 Å². The van der Waals surface area contributed by atoms with Crippen LogP contribution in [0.5, 0.6) is 0 Å². The average Bonchev–Trinajstić information content (AvgIpc) is 2.80. The molecule has 0 spiro atoms. The lowest BCUT2D eigenvalue weighted by molar-refractivity contribution is -0.117. The van der Waals surface area contributed by atoms with Gasteiger partial charge < -0.3 is 9.32 Å². The summed E-state index contributed by atoms with van der Waals surface area (Å²) in [6.45, 7) is -0.222. The second-order valence-corrected chi connectivity index (χ2v) is 6.40. The fraction of sp³-hybridized carbons (Fsp3) is 0.231. The number of fused-ring (bicyclic) bond motifs is 1. The maximum atomic E-state index is 13.0. The van der Waals surface area contributed by atoms with Crippen molar-refractivity contribution >= 4 is 32.8 Å². The Balaban J connectivity index is 1.99. The van der Waals surface area contributed by atoms with Crippen molar-refractivity contribution in [3.8, 4) is 0 Å². The molecule has 110 valence electrons. The number of anilines is 1. The van der Waals surface area contributed by atoms with E-state index in [0.29, 0.717) is 16.7 Å². The second-order valence-electron chi connectivity index (χ2n) is 4.78. The fourth-order valence-electron chi connectivity index (χ4n) is 2.34. The van der Waals surface area contributed by atoms with Gasteiger partial charge in [0.15, 0.2) is 0 Å². The molecule has 1 aromatic heterocycles. The summed E-state index contributed by atoms with van der Waals surface area (Å²) in [7, 11) is -4.75. The molecule has 2 heterocycles. The molecule has 21 heavy (non-hydrogen) atoms. The van der Waals surface area contributed by atoms with E-state index in [0.717, 1.165) is 0 Å². The van der Waals surface area contributed by atoms with Gasteiger partial charge in [0.05, 0.1) is 0 Å². The molecular weight excluding hydrogens is 301 g/mol. The van der Waals surface area contributed by atoms with Crippen molar-refractivity contribution < 1.29 is 21.5 Å². The van der Waals surface area contributed by atoms with Crippen molar-refractivity contribution in [1.82, 2.24) is 0 Å². The fourth-order valence-corrected chi connectivity index (χ4v) is 3.01. The van der Waals surface area contributed by atoms with Gasteiger partial charge in [-0.25, -0.2) is 4.79 Å². The van der Waals surface area contributed by atoms with Crippen LogP contribution in [0.15, 0.2) is 39.5 Å². The SMILES string of the molecule is O=C1CC(S(=O)(=O)F)CN1c1ccc2oc(=O)ccc2c1. The Hall–Kier alpha value is -2.22. The van der Waals surface area contributed by atoms with E-state index in [1.54, 1.807) is 6.07 Å². The van der Waals surface area contributed by atoms with Crippen LogP contribution >= 0.6 is 0 Å². The number of halogens is 1. The topological polar surface area (TPSA) is 84.7 Å². The molecule has 0 saturated carbocycles. The first kappa shape index (κ1) is 13.7. The van der Waals surface area contributed by atoms with Crippen LogP contribution in [-0.4, -0.2) is 26.1 Å². The first-order chi connectivity index (χ1) is 9.84. The average molecular weight is 311 g/mol. The zero-order valence-electron chi connectivity index (χ0n) is 10.7. The largest absolute Gasteiger partial charge is 0.423 e. The maximum absolute atomic E-state index is 13.0. The van der Waals surface area contributed by atoms with Crippen molar-refractivity contribution in [1.29, 1.82) is 0 Å². The molecule has 1 fully saturated rings. The lowest BCUT2D eigenvalue weighted by atomic mass is 10.2. The van der Waals surface area contributed by atoms with E-state index in [-0.39, 0.29) is 13.0 Å². The zero-order chi connectivity index (χ0) is 15.2. The number of nitrogens with zero attached hydrogens (tertiary/aromatic N) is 1. The van der Waals surface area contributed by atoms with Gasteiger partial charge in [0.2, 0.25) is 5.91 Å². The third-order valence-corrected chi connectivity index (χ3v) is 4.51. The standard InChI is InChI=1S/C13H10FNO5S/c14-21(18,19)10-6-12(16)15(7-10)9-2-3-11-8(5-9)1-4-13(17)20-11/h1-5,10H,6-7H2. The highest BCUT2D eigenvalue weighted by molar-refractivity contribution is 7.87. The molecule has 0 N–H and O–H groups in total. The molecule has 1 unspecified atom stereocenters. The maximum Gasteiger partial charge on any atom is 0.336 e. The van der Waals surface area contributed by atoms with E-state index >= 15 is 0 Å². The second kappa shape index (κ2) is 4.66. The molecule has 0 radical (unpaired) electrons. The summed E-state index contributed by atoms with van der Waals surface area (Å²) in [5.74, 6) is -0.460. The van der Waals surface area contributed by atoms with Gasteiger partial charge in [-0.15, -0.1) is 3.89 Å². The predicted octanol–water partition coefficient (Wildman–Crippen LogP) is 1.20. The highest BCUT2D eigenvalue weighted by Crippen LogP contribution is 2.28. The Bertz CT molecular complexity index is 889. The van der Waals surface area contributed by atoms with E-state index in [2.05, 4.69) is 0 Å². The van der Waals surface area contributed by atoms with Crippen molar-refractivity contribution in [3.63, 3.8) is 0 Å². The molecule has 1 atom stereocenters. The number of hydrogen-bond acceptors (Lipinski definition) is 5. The van der Waals surface area contributed by atoms with Crippen LogP contribution in [0.2, 0.25) is 0 Å². The van der Waals surface area contributed by atoms with Gasteiger partial charge in [0, 0.05) is 30.1 Å². The molecule has 8 heteroatoms. The molecule has 2 aromatic rings. The number of hydrogen-bond donors (Lipinski definition) is 0. The summed E-state index contributed by atoms with van der Waals surface area (Å²) in [6, 6.07) is 7.40. The van der Waals surface area contributed by atoms with Gasteiger partial charge >= 0.3 is 15.8 Å². The molecule has 3 rings (SSSR count). The summed E-state index contributed by atoms with van der Waals surface area (Å²) in [5, 5.41) is -0.749. The van der Waals surface area contributed by atoms with Crippen molar-refractivity contribution in [2.75, 3.05) is 11.4 Å². The molecule has 0 aliphatic carbocycles. The monoisotopic (exact) mass is 311 g/mol. The van der Waals surface area contributed by atoms with Gasteiger partial charge in [0.25, 0.3) is 0 Å². The molecule has 1 amide bonds. The van der Waals surface area contributed by atoms with Gasteiger partial charge in [0.1, 0.15) is 10.8 Å². The van der Waals surface area contributed by atoms with Crippen LogP contribution in [-0.2, 0) is 15.0 Å². The molecular formula is C13H10FNO5S. The summed E-state index contributed by atoms with van der Waals surface area (Å²) < 4.78 is 39.8. The summed E-state index contributed by atoms with van der Waals surface area (Å²) in [6.07, 6.45) is -0.374. The Morgan fingerprint density at radius 3 is 2.62 bits per heavy atom. The van der Waals surface area contributed by atoms with Crippen LogP contribution < -0.4 is 10.5 Å². The minimum absolute atomic E-state index is 0.222. The van der Waals surface area contributed by atoms with Gasteiger partial charge in [-0.1, -0.05) is 0 Å². The van der Waals surface area contributed by atoms with Gasteiger partial charge in [-0.05, 0) is 24.3 Å². The first-order valence-corrected chi connectivity index (χ1v) is 7.57. The zero-order valence-corrected chi connectivity index (χ0v) is 11.5. The van der Waals surface area contributed by atoms with Crippen LogP contribution in [0.3, 0.4) is 0 Å². The predicted molar refractivity (Wildman–Crippen MR) is 73.3 cm³/mol. The number of benzene rings is 1. The highest BCUT2D eigenvalue weighted by atomic mass is 32.3. The molecule has 1 aromatic carbocycles. The Morgan fingerprint density at radius 1 is 1.19 bits per heavy atom. The number of amides is 1. The highest BCUT2D eigenvalue weighted by Gasteiger charge is 2.39. The molecule has 1 saturated heterocycles. The first-order valence-electron chi connectivity index (χ1n) is 6.12. The van der Waals surface area contributed by atoms with Crippen LogP contribution in [0.4, 0.5) is 9.57 Å². The Kier molecular flexibility index (Phi) is 3.05. The Morgan fingerprint density at radius 2 is 1.95 bits per heavy atom. The van der Waals surface area contributed by atoms with Gasteiger partial charge in [-0.3, -0.25) is 4.79 Å². The summed E-state index contributed by atoms with van der Waals surface area (Å²) >= 11 is 0. The van der Waals surface area contributed by atoms with E-state index in [1.165, 1.54) is 29.2 Å². The van der Waals surface area contributed by atoms with E-state index < -0.39 is 27.0 Å². The third-order valence-electron chi connectivity index (χ3n) is 3.40. The number of rotatable bonds is 2. The van der Waals surface area contributed by atoms with Crippen molar-refractivity contribution in [2.45, 2.75) is 11.7 Å². The molecule has 1 aliphatic heterocycles. The van der Waals surface area contributed by atoms with Crippen LogP contribution in [0, 0.1) is 0 Å². The van der Waals surface area contributed by atoms with Crippen molar-refractivity contribution in [2.24, 2.45) is 0 Å². The van der Waals surface area contributed by atoms with E-state index in [1.807, 2.05) is 0 Å². The number of carbonyl (C=O) groups excluding carboxylic acids is 1. The minimum Gasteiger partial charge on any atom is -0.423 e. The Labute approximate surface area is 119 Å². The van der Waals surface area contributed by atoms with Crippen LogP contribution in [0.25, 0.3) is 11.0 Å². The summed E-state index contributed by atoms with van der Waals surface area (Å²) in [4.78, 5) is 24.1. The number of carbonyl (C=O) groups is 1. The normalized spacial score (nSPS) is 19.4.